The van der Waals surface area contributed by atoms with Crippen molar-refractivity contribution in [3.8, 4) is 0 Å². The van der Waals surface area contributed by atoms with E-state index in [-0.39, 0.29) is 17.6 Å². The van der Waals surface area contributed by atoms with Gasteiger partial charge in [0.2, 0.25) is 5.91 Å². The van der Waals surface area contributed by atoms with Crippen molar-refractivity contribution in [1.29, 1.82) is 0 Å². The first-order chi connectivity index (χ1) is 10.1. The average Bonchev–Trinajstić information content (AvgIpc) is 3.02. The Hall–Kier alpha value is -2.60. The molecule has 1 aliphatic rings. The lowest BCUT2D eigenvalue weighted by molar-refractivity contribution is -0.118. The largest absolute Gasteiger partial charge is 0.459 e. The molecule has 0 unspecified atom stereocenters. The summed E-state index contributed by atoms with van der Waals surface area (Å²) in [4.78, 5) is 23.6. The number of carbonyl (C=O) groups excluding carboxylic acids is 2. The number of hydrogen-bond donors (Lipinski definition) is 3. The maximum absolute atomic E-state index is 11.8. The Morgan fingerprint density at radius 2 is 1.67 bits per heavy atom. The number of nitrogens with two attached hydrogens (primary N) is 1. The van der Waals surface area contributed by atoms with Gasteiger partial charge in [0.25, 0.3) is 5.91 Å². The van der Waals surface area contributed by atoms with Crippen LogP contribution >= 0.6 is 0 Å². The average molecular weight is 285 g/mol. The number of carbonyl (C=O) groups is 2. The van der Waals surface area contributed by atoms with Gasteiger partial charge in [0.05, 0.1) is 11.8 Å². The van der Waals surface area contributed by atoms with Gasteiger partial charge in [-0.05, 0) is 49.2 Å². The van der Waals surface area contributed by atoms with Crippen LogP contribution in [-0.2, 0) is 4.79 Å². The third-order valence-corrected chi connectivity index (χ3v) is 3.39. The van der Waals surface area contributed by atoms with Crippen LogP contribution in [0.3, 0.4) is 0 Å². The summed E-state index contributed by atoms with van der Waals surface area (Å²) < 4.78 is 5.01. The third-order valence-electron chi connectivity index (χ3n) is 3.39. The number of hydrogen-bond acceptors (Lipinski definition) is 4. The zero-order valence-corrected chi connectivity index (χ0v) is 11.3. The smallest absolute Gasteiger partial charge is 0.291 e. The summed E-state index contributed by atoms with van der Waals surface area (Å²) in [5, 5.41) is 5.45. The standard InChI is InChI=1S/C15H15N3O3/c16-15(7-8-15)14(20)18-11-5-3-10(4-6-11)17-13(19)12-2-1-9-21-12/h1-6,9H,7-8,16H2,(H,17,19)(H,18,20). The zero-order valence-electron chi connectivity index (χ0n) is 11.3. The number of benzene rings is 1. The number of rotatable bonds is 4. The summed E-state index contributed by atoms with van der Waals surface area (Å²) in [6.07, 6.45) is 2.88. The molecule has 1 fully saturated rings. The predicted octanol–water partition coefficient (Wildman–Crippen LogP) is 1.96. The monoisotopic (exact) mass is 285 g/mol. The van der Waals surface area contributed by atoms with Crippen molar-refractivity contribution in [2.75, 3.05) is 10.6 Å². The predicted molar refractivity (Wildman–Crippen MR) is 77.9 cm³/mol. The van der Waals surface area contributed by atoms with Gasteiger partial charge in [-0.15, -0.1) is 0 Å². The van der Waals surface area contributed by atoms with E-state index in [1.54, 1.807) is 36.4 Å². The molecular weight excluding hydrogens is 270 g/mol. The molecule has 6 heteroatoms. The van der Waals surface area contributed by atoms with Crippen LogP contribution in [0.2, 0.25) is 0 Å². The molecule has 2 amide bonds. The molecule has 1 aromatic carbocycles. The summed E-state index contributed by atoms with van der Waals surface area (Å²) in [5.41, 5.74) is 6.37. The maximum atomic E-state index is 11.8. The molecule has 0 bridgehead atoms. The minimum atomic E-state index is -0.702. The molecule has 1 heterocycles. The number of furan rings is 1. The van der Waals surface area contributed by atoms with E-state index in [0.717, 1.165) is 12.8 Å². The van der Waals surface area contributed by atoms with Crippen LogP contribution in [0.5, 0.6) is 0 Å². The number of amides is 2. The number of anilines is 2. The second-order valence-electron chi connectivity index (χ2n) is 5.12. The van der Waals surface area contributed by atoms with E-state index in [1.807, 2.05) is 0 Å². The van der Waals surface area contributed by atoms with E-state index < -0.39 is 5.54 Å². The van der Waals surface area contributed by atoms with Crippen molar-refractivity contribution in [2.24, 2.45) is 5.73 Å². The lowest BCUT2D eigenvalue weighted by atomic mass is 10.2. The third kappa shape index (κ3) is 2.95. The highest BCUT2D eigenvalue weighted by molar-refractivity contribution is 6.03. The highest BCUT2D eigenvalue weighted by Crippen LogP contribution is 2.33. The summed E-state index contributed by atoms with van der Waals surface area (Å²) in [6.45, 7) is 0. The van der Waals surface area contributed by atoms with Gasteiger partial charge in [-0.25, -0.2) is 0 Å². The van der Waals surface area contributed by atoms with Gasteiger partial charge in [-0.1, -0.05) is 0 Å². The van der Waals surface area contributed by atoms with Gasteiger partial charge in [-0.3, -0.25) is 9.59 Å². The first-order valence-electron chi connectivity index (χ1n) is 6.62. The van der Waals surface area contributed by atoms with Gasteiger partial charge in [-0.2, -0.15) is 0 Å². The summed E-state index contributed by atoms with van der Waals surface area (Å²) >= 11 is 0. The maximum Gasteiger partial charge on any atom is 0.291 e. The van der Waals surface area contributed by atoms with Crippen molar-refractivity contribution in [1.82, 2.24) is 0 Å². The van der Waals surface area contributed by atoms with Crippen LogP contribution in [0, 0.1) is 0 Å². The molecule has 1 aliphatic carbocycles. The fraction of sp³-hybridized carbons (Fsp3) is 0.200. The fourth-order valence-corrected chi connectivity index (χ4v) is 1.85. The van der Waals surface area contributed by atoms with Crippen LogP contribution < -0.4 is 16.4 Å². The van der Waals surface area contributed by atoms with Gasteiger partial charge in [0, 0.05) is 11.4 Å². The van der Waals surface area contributed by atoms with Gasteiger partial charge < -0.3 is 20.8 Å². The first-order valence-corrected chi connectivity index (χ1v) is 6.62. The van der Waals surface area contributed by atoms with Gasteiger partial charge >= 0.3 is 0 Å². The van der Waals surface area contributed by atoms with Crippen LogP contribution in [0.15, 0.2) is 47.1 Å². The second-order valence-corrected chi connectivity index (χ2v) is 5.12. The topological polar surface area (TPSA) is 97.4 Å². The van der Waals surface area contributed by atoms with Crippen molar-refractivity contribution >= 4 is 23.2 Å². The molecule has 1 saturated carbocycles. The Morgan fingerprint density at radius 1 is 1.05 bits per heavy atom. The molecule has 0 radical (unpaired) electrons. The molecule has 3 rings (SSSR count). The van der Waals surface area contributed by atoms with E-state index in [0.29, 0.717) is 11.4 Å². The van der Waals surface area contributed by atoms with E-state index >= 15 is 0 Å². The summed E-state index contributed by atoms with van der Waals surface area (Å²) in [6, 6.07) is 10.1. The molecule has 0 aliphatic heterocycles. The fourth-order valence-electron chi connectivity index (χ4n) is 1.85. The molecule has 21 heavy (non-hydrogen) atoms. The highest BCUT2D eigenvalue weighted by Gasteiger charge is 2.45. The zero-order chi connectivity index (χ0) is 14.9. The Labute approximate surface area is 121 Å². The van der Waals surface area contributed by atoms with Crippen molar-refractivity contribution in [2.45, 2.75) is 18.4 Å². The van der Waals surface area contributed by atoms with E-state index in [2.05, 4.69) is 10.6 Å². The molecule has 0 saturated heterocycles. The molecule has 1 aromatic heterocycles. The van der Waals surface area contributed by atoms with Crippen molar-refractivity contribution in [3.63, 3.8) is 0 Å². The second kappa shape index (κ2) is 5.06. The molecule has 2 aromatic rings. The minimum absolute atomic E-state index is 0.171. The lowest BCUT2D eigenvalue weighted by Crippen LogP contribution is -2.37. The lowest BCUT2D eigenvalue weighted by Gasteiger charge is -2.10. The van der Waals surface area contributed by atoms with E-state index in [9.17, 15) is 9.59 Å². The quantitative estimate of drug-likeness (QED) is 0.799. The van der Waals surface area contributed by atoms with Crippen LogP contribution in [-0.4, -0.2) is 17.4 Å². The Kier molecular flexibility index (Phi) is 3.23. The first kappa shape index (κ1) is 13.4. The minimum Gasteiger partial charge on any atom is -0.459 e. The SMILES string of the molecule is NC1(C(=O)Nc2ccc(NC(=O)c3ccco3)cc2)CC1. The van der Waals surface area contributed by atoms with Crippen LogP contribution in [0.1, 0.15) is 23.4 Å². The Morgan fingerprint density at radius 3 is 2.19 bits per heavy atom. The van der Waals surface area contributed by atoms with Crippen molar-refractivity contribution < 1.29 is 14.0 Å². The molecule has 6 nitrogen and oxygen atoms in total. The Bertz CT molecular complexity index is 658. The van der Waals surface area contributed by atoms with Gasteiger partial charge in [0.1, 0.15) is 0 Å². The highest BCUT2D eigenvalue weighted by atomic mass is 16.3. The van der Waals surface area contributed by atoms with Crippen LogP contribution in [0.25, 0.3) is 0 Å². The molecule has 0 spiro atoms. The molecule has 0 atom stereocenters. The molecule has 4 N–H and O–H groups in total. The molecular formula is C15H15N3O3. The van der Waals surface area contributed by atoms with E-state index in [4.69, 9.17) is 10.2 Å². The van der Waals surface area contributed by atoms with Crippen LogP contribution in [0.4, 0.5) is 11.4 Å². The summed E-state index contributed by atoms with van der Waals surface area (Å²) in [5.74, 6) is -0.253. The normalized spacial score (nSPS) is 15.3. The summed E-state index contributed by atoms with van der Waals surface area (Å²) in [7, 11) is 0. The van der Waals surface area contributed by atoms with E-state index in [1.165, 1.54) is 6.26 Å². The van der Waals surface area contributed by atoms with Crippen molar-refractivity contribution in [3.05, 3.63) is 48.4 Å². The molecule has 108 valence electrons. The number of nitrogens with one attached hydrogen (secondary N) is 2. The Balaban J connectivity index is 1.61. The van der Waals surface area contributed by atoms with Gasteiger partial charge in [0.15, 0.2) is 5.76 Å².